The molecular weight excluding hydrogens is 324 g/mol. The highest BCUT2D eigenvalue weighted by Crippen LogP contribution is 2.23. The normalized spacial score (nSPS) is 10.8. The summed E-state index contributed by atoms with van der Waals surface area (Å²) in [6, 6.07) is 16.8. The Kier molecular flexibility index (Phi) is 4.20. The fraction of sp³-hybridized carbons (Fsp3) is 0.167. The van der Waals surface area contributed by atoms with Crippen molar-refractivity contribution in [3.05, 3.63) is 70.3 Å². The number of rotatable bonds is 4. The predicted octanol–water partition coefficient (Wildman–Crippen LogP) is 5.17. The van der Waals surface area contributed by atoms with Crippen LogP contribution in [-0.4, -0.2) is 4.98 Å². The Morgan fingerprint density at radius 1 is 1.05 bits per heavy atom. The lowest BCUT2D eigenvalue weighted by molar-refractivity contribution is 1.09. The summed E-state index contributed by atoms with van der Waals surface area (Å²) in [5, 5.41) is 4.72. The topological polar surface area (TPSA) is 24.9 Å². The Balaban J connectivity index is 1.87. The molecular formula is C18H17BrN2. The molecule has 0 aliphatic carbocycles. The van der Waals surface area contributed by atoms with E-state index >= 15 is 0 Å². The van der Waals surface area contributed by atoms with Gasteiger partial charge >= 0.3 is 0 Å². The van der Waals surface area contributed by atoms with E-state index in [1.165, 1.54) is 22.2 Å². The number of anilines is 1. The van der Waals surface area contributed by atoms with Gasteiger partial charge in [0.15, 0.2) is 0 Å². The summed E-state index contributed by atoms with van der Waals surface area (Å²) in [5.41, 5.74) is 4.80. The molecule has 2 nitrogen and oxygen atoms in total. The molecule has 3 aromatic rings. The number of fused-ring (bicyclic) bond motifs is 1. The maximum Gasteiger partial charge on any atom is 0.0751 e. The average molecular weight is 341 g/mol. The first-order chi connectivity index (χ1) is 10.3. The van der Waals surface area contributed by atoms with Gasteiger partial charge in [0.05, 0.1) is 5.52 Å². The van der Waals surface area contributed by atoms with Crippen LogP contribution < -0.4 is 5.32 Å². The lowest BCUT2D eigenvalue weighted by Gasteiger charge is -2.12. The molecule has 0 spiro atoms. The molecule has 1 N–H and O–H groups in total. The highest BCUT2D eigenvalue weighted by atomic mass is 79.9. The molecule has 0 amide bonds. The van der Waals surface area contributed by atoms with E-state index in [0.29, 0.717) is 0 Å². The number of para-hydroxylation sites is 1. The van der Waals surface area contributed by atoms with Gasteiger partial charge in [0, 0.05) is 28.3 Å². The van der Waals surface area contributed by atoms with Crippen molar-refractivity contribution in [3.8, 4) is 0 Å². The molecule has 2 aromatic carbocycles. The Bertz CT molecular complexity index is 763. The minimum atomic E-state index is 0.781. The van der Waals surface area contributed by atoms with E-state index in [1.807, 2.05) is 12.3 Å². The summed E-state index contributed by atoms with van der Waals surface area (Å²) in [4.78, 5) is 4.50. The van der Waals surface area contributed by atoms with Crippen molar-refractivity contribution in [2.24, 2.45) is 0 Å². The van der Waals surface area contributed by atoms with Gasteiger partial charge in [-0.1, -0.05) is 47.1 Å². The number of benzene rings is 2. The van der Waals surface area contributed by atoms with Crippen molar-refractivity contribution in [2.75, 3.05) is 5.32 Å². The molecule has 0 saturated carbocycles. The Hall–Kier alpha value is -1.87. The van der Waals surface area contributed by atoms with Crippen molar-refractivity contribution in [1.82, 2.24) is 4.98 Å². The zero-order valence-corrected chi connectivity index (χ0v) is 13.5. The second-order valence-corrected chi connectivity index (χ2v) is 5.92. The van der Waals surface area contributed by atoms with E-state index in [1.54, 1.807) is 0 Å². The monoisotopic (exact) mass is 340 g/mol. The van der Waals surface area contributed by atoms with E-state index in [4.69, 9.17) is 0 Å². The van der Waals surface area contributed by atoms with Gasteiger partial charge in [-0.25, -0.2) is 0 Å². The largest absolute Gasteiger partial charge is 0.381 e. The smallest absolute Gasteiger partial charge is 0.0751 e. The van der Waals surface area contributed by atoms with Gasteiger partial charge < -0.3 is 5.32 Å². The van der Waals surface area contributed by atoms with E-state index < -0.39 is 0 Å². The highest BCUT2D eigenvalue weighted by molar-refractivity contribution is 9.10. The maximum atomic E-state index is 4.50. The summed E-state index contributed by atoms with van der Waals surface area (Å²) in [5.74, 6) is 0. The number of aryl methyl sites for hydroxylation is 1. The quantitative estimate of drug-likeness (QED) is 0.708. The molecule has 0 unspecified atom stereocenters. The minimum absolute atomic E-state index is 0.781. The molecule has 0 aliphatic rings. The third-order valence-electron chi connectivity index (χ3n) is 3.63. The fourth-order valence-electron chi connectivity index (χ4n) is 2.53. The van der Waals surface area contributed by atoms with Crippen LogP contribution in [0.4, 0.5) is 5.69 Å². The van der Waals surface area contributed by atoms with Crippen LogP contribution in [0, 0.1) is 0 Å². The predicted molar refractivity (Wildman–Crippen MR) is 92.6 cm³/mol. The summed E-state index contributed by atoms with van der Waals surface area (Å²) in [7, 11) is 0. The van der Waals surface area contributed by atoms with E-state index in [-0.39, 0.29) is 0 Å². The number of pyridine rings is 1. The third-order valence-corrected chi connectivity index (χ3v) is 4.13. The van der Waals surface area contributed by atoms with Gasteiger partial charge in [-0.05, 0) is 41.8 Å². The molecule has 3 rings (SSSR count). The average Bonchev–Trinajstić information content (AvgIpc) is 2.53. The minimum Gasteiger partial charge on any atom is -0.381 e. The second kappa shape index (κ2) is 6.27. The van der Waals surface area contributed by atoms with Crippen LogP contribution in [0.2, 0.25) is 0 Å². The first-order valence-electron chi connectivity index (χ1n) is 7.13. The Morgan fingerprint density at radius 3 is 2.76 bits per heavy atom. The molecule has 0 fully saturated rings. The van der Waals surface area contributed by atoms with E-state index in [2.05, 4.69) is 75.6 Å². The summed E-state index contributed by atoms with van der Waals surface area (Å²) < 4.78 is 1.12. The van der Waals surface area contributed by atoms with Gasteiger partial charge in [-0.3, -0.25) is 4.98 Å². The third kappa shape index (κ3) is 3.08. The van der Waals surface area contributed by atoms with Crippen molar-refractivity contribution >= 4 is 32.5 Å². The van der Waals surface area contributed by atoms with Gasteiger partial charge in [0.1, 0.15) is 0 Å². The zero-order chi connectivity index (χ0) is 14.7. The van der Waals surface area contributed by atoms with Crippen LogP contribution in [0.25, 0.3) is 10.9 Å². The van der Waals surface area contributed by atoms with Crippen LogP contribution in [0.1, 0.15) is 18.1 Å². The molecule has 21 heavy (non-hydrogen) atoms. The molecule has 3 heteroatoms. The lowest BCUT2D eigenvalue weighted by Crippen LogP contribution is -2.03. The van der Waals surface area contributed by atoms with Crippen molar-refractivity contribution in [1.29, 1.82) is 0 Å². The van der Waals surface area contributed by atoms with Crippen LogP contribution in [0.5, 0.6) is 0 Å². The van der Waals surface area contributed by atoms with Gasteiger partial charge in [-0.15, -0.1) is 0 Å². The van der Waals surface area contributed by atoms with Gasteiger partial charge in [-0.2, -0.15) is 0 Å². The lowest BCUT2D eigenvalue weighted by atomic mass is 10.1. The molecule has 1 aromatic heterocycles. The molecule has 0 saturated heterocycles. The second-order valence-electron chi connectivity index (χ2n) is 5.00. The van der Waals surface area contributed by atoms with Crippen molar-refractivity contribution in [2.45, 2.75) is 19.9 Å². The number of nitrogens with one attached hydrogen (secondary N) is 1. The van der Waals surface area contributed by atoms with Crippen molar-refractivity contribution < 1.29 is 0 Å². The molecule has 0 bridgehead atoms. The van der Waals surface area contributed by atoms with Gasteiger partial charge in [0.25, 0.3) is 0 Å². The molecule has 1 heterocycles. The number of aromatic nitrogens is 1. The first-order valence-corrected chi connectivity index (χ1v) is 7.92. The number of hydrogen-bond acceptors (Lipinski definition) is 2. The zero-order valence-electron chi connectivity index (χ0n) is 11.9. The molecule has 0 atom stereocenters. The van der Waals surface area contributed by atoms with E-state index in [0.717, 1.165) is 23.0 Å². The Morgan fingerprint density at radius 2 is 1.90 bits per heavy atom. The fourth-order valence-corrected chi connectivity index (χ4v) is 2.94. The summed E-state index contributed by atoms with van der Waals surface area (Å²) >= 11 is 3.53. The number of halogens is 1. The summed E-state index contributed by atoms with van der Waals surface area (Å²) in [6.07, 6.45) is 2.86. The van der Waals surface area contributed by atoms with Crippen LogP contribution in [0.3, 0.4) is 0 Å². The number of hydrogen-bond donors (Lipinski definition) is 1. The standard InChI is InChI=1S/C18H17BrN2/c1-2-13-11-16(19)8-9-17(13)21-12-15-6-3-5-14-7-4-10-20-18(14)15/h3-11,21H,2,12H2,1H3. The SMILES string of the molecule is CCc1cc(Br)ccc1NCc1cccc2cccnc12. The van der Waals surface area contributed by atoms with Crippen molar-refractivity contribution in [3.63, 3.8) is 0 Å². The van der Waals surface area contributed by atoms with Crippen LogP contribution in [-0.2, 0) is 13.0 Å². The molecule has 106 valence electrons. The number of nitrogens with zero attached hydrogens (tertiary/aromatic N) is 1. The Labute approximate surface area is 133 Å². The van der Waals surface area contributed by atoms with Gasteiger partial charge in [0.2, 0.25) is 0 Å². The molecule has 0 aliphatic heterocycles. The maximum absolute atomic E-state index is 4.50. The van der Waals surface area contributed by atoms with E-state index in [9.17, 15) is 0 Å². The first kappa shape index (κ1) is 14.1. The highest BCUT2D eigenvalue weighted by Gasteiger charge is 2.04. The molecule has 0 radical (unpaired) electrons. The van der Waals surface area contributed by atoms with Crippen LogP contribution in [0.15, 0.2) is 59.2 Å². The summed E-state index contributed by atoms with van der Waals surface area (Å²) in [6.45, 7) is 2.95. The van der Waals surface area contributed by atoms with Crippen LogP contribution >= 0.6 is 15.9 Å².